The first-order chi connectivity index (χ1) is 12.9. The highest BCUT2D eigenvalue weighted by Crippen LogP contribution is 2.32. The predicted molar refractivity (Wildman–Crippen MR) is 115 cm³/mol. The number of ether oxygens (including phenoxy) is 1. The van der Waals surface area contributed by atoms with Crippen molar-refractivity contribution in [2.45, 2.75) is 40.3 Å². The molecule has 0 amide bonds. The number of rotatable bonds is 5. The fourth-order valence-corrected chi connectivity index (χ4v) is 4.73. The number of carbonyl (C=O) groups is 1. The Labute approximate surface area is 172 Å². The van der Waals surface area contributed by atoms with Gasteiger partial charge in [0.05, 0.1) is 10.9 Å². The Morgan fingerprint density at radius 2 is 1.15 bits per heavy atom. The van der Waals surface area contributed by atoms with Crippen molar-refractivity contribution in [1.82, 2.24) is 0 Å². The molecule has 0 radical (unpaired) electrons. The summed E-state index contributed by atoms with van der Waals surface area (Å²) in [5.74, 6) is 0.269. The van der Waals surface area contributed by atoms with Crippen LogP contribution in [-0.4, -0.2) is 10.8 Å². The summed E-state index contributed by atoms with van der Waals surface area (Å²) in [6, 6.07) is 25.2. The van der Waals surface area contributed by atoms with Crippen LogP contribution in [0.2, 0.25) is 0 Å². The first-order valence-corrected chi connectivity index (χ1v) is 10.9. The number of halogens is 1. The molecular formula is C23H22BrO2S+. The molecule has 0 saturated carbocycles. The van der Waals surface area contributed by atoms with E-state index in [1.807, 2.05) is 24.3 Å². The van der Waals surface area contributed by atoms with Gasteiger partial charge in [0.2, 0.25) is 0 Å². The van der Waals surface area contributed by atoms with E-state index < -0.39 is 0 Å². The Hall–Kier alpha value is -2.04. The molecule has 0 aliphatic heterocycles. The molecule has 0 heterocycles. The third-order valence-corrected chi connectivity index (χ3v) is 6.72. The summed E-state index contributed by atoms with van der Waals surface area (Å²) in [5, 5.41) is 0. The largest absolute Gasteiger partial charge is 0.426 e. The molecule has 3 aromatic rings. The molecule has 4 heteroatoms. The van der Waals surface area contributed by atoms with Crippen molar-refractivity contribution in [3.05, 3.63) is 83.9 Å². The van der Waals surface area contributed by atoms with Gasteiger partial charge in [-0.1, -0.05) is 51.3 Å². The van der Waals surface area contributed by atoms with Gasteiger partial charge in [-0.3, -0.25) is 4.79 Å². The molecule has 0 bridgehead atoms. The lowest BCUT2D eigenvalue weighted by molar-refractivity contribution is -0.133. The molecular weight excluding hydrogens is 420 g/mol. The number of hydrogen-bond donors (Lipinski definition) is 0. The molecule has 138 valence electrons. The van der Waals surface area contributed by atoms with Crippen molar-refractivity contribution >= 4 is 32.8 Å². The monoisotopic (exact) mass is 441 g/mol. The zero-order valence-corrected chi connectivity index (χ0v) is 18.0. The van der Waals surface area contributed by atoms with Crippen LogP contribution in [0.4, 0.5) is 0 Å². The van der Waals surface area contributed by atoms with E-state index in [1.54, 1.807) is 6.92 Å². The quantitative estimate of drug-likeness (QED) is 0.207. The number of hydrogen-bond acceptors (Lipinski definition) is 2. The molecule has 0 N–H and O–H groups in total. The summed E-state index contributed by atoms with van der Waals surface area (Å²) in [6.07, 6.45) is 0. The maximum absolute atomic E-state index is 11.8. The molecule has 0 saturated heterocycles. The van der Waals surface area contributed by atoms with E-state index >= 15 is 0 Å². The van der Waals surface area contributed by atoms with Crippen LogP contribution in [0, 0.1) is 13.8 Å². The molecule has 3 aromatic carbocycles. The number of benzene rings is 3. The number of aryl methyl sites for hydroxylation is 2. The second kappa shape index (κ2) is 8.77. The SMILES string of the molecule is Cc1ccc([S+](c2ccc(C)cc2)c2ccc(OC(=O)C(C)Br)cc2)cc1. The molecule has 0 aliphatic rings. The first-order valence-electron chi connectivity index (χ1n) is 8.77. The third-order valence-electron chi connectivity index (χ3n) is 4.12. The van der Waals surface area contributed by atoms with Gasteiger partial charge < -0.3 is 4.74 Å². The smallest absolute Gasteiger partial charge is 0.324 e. The van der Waals surface area contributed by atoms with E-state index in [0.717, 1.165) is 0 Å². The van der Waals surface area contributed by atoms with Gasteiger partial charge in [0.15, 0.2) is 14.7 Å². The van der Waals surface area contributed by atoms with Crippen LogP contribution in [0.3, 0.4) is 0 Å². The number of carbonyl (C=O) groups excluding carboxylic acids is 1. The van der Waals surface area contributed by atoms with E-state index in [4.69, 9.17) is 4.74 Å². The van der Waals surface area contributed by atoms with Crippen molar-refractivity contribution in [3.63, 3.8) is 0 Å². The van der Waals surface area contributed by atoms with Crippen LogP contribution >= 0.6 is 15.9 Å². The van der Waals surface area contributed by atoms with Crippen LogP contribution < -0.4 is 4.74 Å². The normalized spacial score (nSPS) is 12.0. The van der Waals surface area contributed by atoms with Crippen molar-refractivity contribution in [2.24, 2.45) is 0 Å². The van der Waals surface area contributed by atoms with Gasteiger partial charge in [-0.15, -0.1) is 0 Å². The zero-order chi connectivity index (χ0) is 19.4. The number of alkyl halides is 1. The Morgan fingerprint density at radius 3 is 1.52 bits per heavy atom. The van der Waals surface area contributed by atoms with Gasteiger partial charge in [-0.25, -0.2) is 0 Å². The average Bonchev–Trinajstić information content (AvgIpc) is 2.66. The number of esters is 1. The topological polar surface area (TPSA) is 26.3 Å². The summed E-state index contributed by atoms with van der Waals surface area (Å²) >= 11 is 3.23. The molecule has 0 aromatic heterocycles. The van der Waals surface area contributed by atoms with Gasteiger partial charge >= 0.3 is 5.97 Å². The van der Waals surface area contributed by atoms with Crippen LogP contribution in [0.15, 0.2) is 87.5 Å². The van der Waals surface area contributed by atoms with Crippen LogP contribution in [0.25, 0.3) is 0 Å². The highest BCUT2D eigenvalue weighted by molar-refractivity contribution is 9.10. The van der Waals surface area contributed by atoms with Gasteiger partial charge in [0.1, 0.15) is 10.6 Å². The van der Waals surface area contributed by atoms with Crippen molar-refractivity contribution in [1.29, 1.82) is 0 Å². The average molecular weight is 442 g/mol. The molecule has 27 heavy (non-hydrogen) atoms. The summed E-state index contributed by atoms with van der Waals surface area (Å²) in [5.41, 5.74) is 2.50. The highest BCUT2D eigenvalue weighted by Gasteiger charge is 2.28. The van der Waals surface area contributed by atoms with Gasteiger partial charge in [0.25, 0.3) is 0 Å². The lowest BCUT2D eigenvalue weighted by atomic mass is 10.2. The van der Waals surface area contributed by atoms with E-state index in [9.17, 15) is 4.79 Å². The van der Waals surface area contributed by atoms with Crippen molar-refractivity contribution in [2.75, 3.05) is 0 Å². The molecule has 3 rings (SSSR count). The lowest BCUT2D eigenvalue weighted by Gasteiger charge is -2.10. The van der Waals surface area contributed by atoms with Crippen LogP contribution in [0.1, 0.15) is 18.1 Å². The van der Waals surface area contributed by atoms with Crippen LogP contribution in [-0.2, 0) is 15.7 Å². The molecule has 1 unspecified atom stereocenters. The van der Waals surface area contributed by atoms with Gasteiger partial charge in [-0.05, 0) is 69.3 Å². The van der Waals surface area contributed by atoms with E-state index in [-0.39, 0.29) is 21.7 Å². The second-order valence-corrected chi connectivity index (χ2v) is 9.84. The van der Waals surface area contributed by atoms with E-state index in [1.165, 1.54) is 25.8 Å². The fourth-order valence-electron chi connectivity index (χ4n) is 2.60. The summed E-state index contributed by atoms with van der Waals surface area (Å²) in [6.45, 7) is 5.95. The lowest BCUT2D eigenvalue weighted by Crippen LogP contribution is -2.17. The fraction of sp³-hybridized carbons (Fsp3) is 0.174. The summed E-state index contributed by atoms with van der Waals surface area (Å²) in [7, 11) is -0.211. The maximum atomic E-state index is 11.8. The summed E-state index contributed by atoms with van der Waals surface area (Å²) < 4.78 is 5.37. The summed E-state index contributed by atoms with van der Waals surface area (Å²) in [4.78, 5) is 15.2. The maximum Gasteiger partial charge on any atom is 0.324 e. The molecule has 0 aliphatic carbocycles. The molecule has 0 fully saturated rings. The zero-order valence-electron chi connectivity index (χ0n) is 15.6. The molecule has 0 spiro atoms. The van der Waals surface area contributed by atoms with E-state index in [0.29, 0.717) is 5.75 Å². The van der Waals surface area contributed by atoms with Gasteiger partial charge in [0, 0.05) is 0 Å². The second-order valence-electron chi connectivity index (χ2n) is 6.44. The third kappa shape index (κ3) is 5.02. The minimum absolute atomic E-state index is 0.211. The highest BCUT2D eigenvalue weighted by atomic mass is 79.9. The standard InChI is InChI=1S/C23H22BrO2S/c1-16-4-10-20(11-5-16)27(21-12-6-17(2)7-13-21)22-14-8-19(9-15-22)26-23(25)18(3)24/h4-15,18H,1-3H3/q+1. The van der Waals surface area contributed by atoms with Crippen molar-refractivity contribution in [3.8, 4) is 5.75 Å². The Kier molecular flexibility index (Phi) is 6.40. The Morgan fingerprint density at radius 1 is 0.778 bits per heavy atom. The Balaban J connectivity index is 1.96. The molecule has 2 nitrogen and oxygen atoms in total. The predicted octanol–water partition coefficient (Wildman–Crippen LogP) is 6.09. The minimum atomic E-state index is -0.327. The Bertz CT molecular complexity index is 855. The van der Waals surface area contributed by atoms with Crippen molar-refractivity contribution < 1.29 is 9.53 Å². The molecule has 1 atom stereocenters. The minimum Gasteiger partial charge on any atom is -0.426 e. The van der Waals surface area contributed by atoms with E-state index in [2.05, 4.69) is 78.3 Å². The first kappa shape index (κ1) is 19.7. The van der Waals surface area contributed by atoms with Crippen LogP contribution in [0.5, 0.6) is 5.75 Å². The van der Waals surface area contributed by atoms with Gasteiger partial charge in [-0.2, -0.15) is 0 Å².